The molecule has 7 nitrogen and oxygen atoms in total. The van der Waals surface area contributed by atoms with Crippen LogP contribution in [0.3, 0.4) is 0 Å². The van der Waals surface area contributed by atoms with Gasteiger partial charge < -0.3 is 15.3 Å². The second kappa shape index (κ2) is 10.9. The van der Waals surface area contributed by atoms with E-state index >= 15 is 0 Å². The standard InChI is InChI=1S/C28H38N4O3/c1-20(33)31-15-12-23(13-16-31)30-27-18-22(10-14-29-27)26(35)9-8-24(34)19-32-17-11-21-6-4-5-7-25(21)28(32,2)3/h4-7,10,14,18,23-24,34H,8-9,11-13,15-17,19H2,1-3H3,(H,29,30)/t24-/m1/s1. The zero-order chi connectivity index (χ0) is 25.0. The normalized spacial score (nSPS) is 19.1. The van der Waals surface area contributed by atoms with Crippen LogP contribution < -0.4 is 5.32 Å². The van der Waals surface area contributed by atoms with Crippen LogP contribution >= 0.6 is 0 Å². The van der Waals surface area contributed by atoms with Gasteiger partial charge in [0, 0.05) is 62.9 Å². The van der Waals surface area contributed by atoms with Crippen LogP contribution in [0.1, 0.15) is 67.9 Å². The quantitative estimate of drug-likeness (QED) is 0.564. The number of likely N-dealkylation sites (tertiary alicyclic amines) is 1. The van der Waals surface area contributed by atoms with Crippen molar-refractivity contribution in [3.05, 3.63) is 59.3 Å². The van der Waals surface area contributed by atoms with Crippen LogP contribution in [-0.4, -0.2) is 69.9 Å². The molecule has 2 aromatic rings. The number of fused-ring (bicyclic) bond motifs is 1. The highest BCUT2D eigenvalue weighted by Gasteiger charge is 2.35. The van der Waals surface area contributed by atoms with Crippen LogP contribution in [0.5, 0.6) is 0 Å². The number of carbonyl (C=O) groups excluding carboxylic acids is 2. The van der Waals surface area contributed by atoms with E-state index in [1.54, 1.807) is 25.3 Å². The largest absolute Gasteiger partial charge is 0.392 e. The maximum absolute atomic E-state index is 12.9. The molecule has 7 heteroatoms. The van der Waals surface area contributed by atoms with Gasteiger partial charge in [0.25, 0.3) is 0 Å². The molecule has 2 aliphatic rings. The molecule has 188 valence electrons. The number of hydrogen-bond donors (Lipinski definition) is 2. The predicted octanol–water partition coefficient (Wildman–Crippen LogP) is 3.62. The first-order valence-electron chi connectivity index (χ1n) is 12.8. The highest BCUT2D eigenvalue weighted by Crippen LogP contribution is 2.35. The van der Waals surface area contributed by atoms with E-state index in [-0.39, 0.29) is 23.3 Å². The molecule has 0 spiro atoms. The number of amides is 1. The molecule has 0 radical (unpaired) electrons. The molecule has 1 aromatic carbocycles. The third-order valence-corrected chi connectivity index (χ3v) is 7.63. The summed E-state index contributed by atoms with van der Waals surface area (Å²) in [6.07, 6.45) is 4.53. The van der Waals surface area contributed by atoms with Gasteiger partial charge in [-0.25, -0.2) is 4.98 Å². The van der Waals surface area contributed by atoms with Gasteiger partial charge in [-0.05, 0) is 62.8 Å². The molecule has 1 fully saturated rings. The van der Waals surface area contributed by atoms with Gasteiger partial charge in [-0.2, -0.15) is 0 Å². The SMILES string of the molecule is CC(=O)N1CCC(Nc2cc(C(=O)CC[C@@H](O)CN3CCc4ccccc4C3(C)C)ccn2)CC1. The fourth-order valence-electron chi connectivity index (χ4n) is 5.38. The Kier molecular flexibility index (Phi) is 7.87. The Labute approximate surface area is 208 Å². The van der Waals surface area contributed by atoms with Gasteiger partial charge in [0.1, 0.15) is 5.82 Å². The minimum Gasteiger partial charge on any atom is -0.392 e. The number of rotatable bonds is 8. The lowest BCUT2D eigenvalue weighted by Crippen LogP contribution is -2.49. The maximum Gasteiger partial charge on any atom is 0.219 e. The van der Waals surface area contributed by atoms with E-state index in [0.717, 1.165) is 38.9 Å². The lowest BCUT2D eigenvalue weighted by molar-refractivity contribution is -0.129. The van der Waals surface area contributed by atoms with Crippen LogP contribution in [0.2, 0.25) is 0 Å². The molecule has 35 heavy (non-hydrogen) atoms. The van der Waals surface area contributed by atoms with Gasteiger partial charge in [-0.1, -0.05) is 24.3 Å². The van der Waals surface area contributed by atoms with Crippen LogP contribution in [0.25, 0.3) is 0 Å². The first-order chi connectivity index (χ1) is 16.7. The summed E-state index contributed by atoms with van der Waals surface area (Å²) >= 11 is 0. The molecule has 1 aromatic heterocycles. The zero-order valence-electron chi connectivity index (χ0n) is 21.2. The number of Topliss-reactive ketones (excluding diaryl/α,β-unsaturated/α-hetero) is 1. The van der Waals surface area contributed by atoms with Crippen molar-refractivity contribution in [2.24, 2.45) is 0 Å². The Morgan fingerprint density at radius 2 is 1.91 bits per heavy atom. The summed E-state index contributed by atoms with van der Waals surface area (Å²) in [5.41, 5.74) is 3.16. The topological polar surface area (TPSA) is 85.8 Å². The molecule has 0 saturated carbocycles. The second-order valence-electron chi connectivity index (χ2n) is 10.4. The van der Waals surface area contributed by atoms with Crippen LogP contribution in [0.15, 0.2) is 42.6 Å². The number of carbonyl (C=O) groups is 2. The molecular weight excluding hydrogens is 440 g/mol. The van der Waals surface area contributed by atoms with Gasteiger partial charge in [0.05, 0.1) is 6.10 Å². The molecule has 1 atom stereocenters. The first kappa shape index (κ1) is 25.3. The van der Waals surface area contributed by atoms with Crippen molar-refractivity contribution in [3.63, 3.8) is 0 Å². The molecule has 0 bridgehead atoms. The number of aliphatic hydroxyl groups excluding tert-OH is 1. The summed E-state index contributed by atoms with van der Waals surface area (Å²) in [4.78, 5) is 33.0. The van der Waals surface area contributed by atoms with E-state index < -0.39 is 6.10 Å². The maximum atomic E-state index is 12.9. The summed E-state index contributed by atoms with van der Waals surface area (Å²) in [5.74, 6) is 0.820. The van der Waals surface area contributed by atoms with Crippen molar-refractivity contribution >= 4 is 17.5 Å². The monoisotopic (exact) mass is 478 g/mol. The Bertz CT molecular complexity index is 1050. The highest BCUT2D eigenvalue weighted by molar-refractivity contribution is 5.96. The third-order valence-electron chi connectivity index (χ3n) is 7.63. The summed E-state index contributed by atoms with van der Waals surface area (Å²) in [6, 6.07) is 12.3. The van der Waals surface area contributed by atoms with Crippen LogP contribution in [0.4, 0.5) is 5.82 Å². The molecule has 2 aliphatic heterocycles. The van der Waals surface area contributed by atoms with E-state index in [1.807, 2.05) is 4.90 Å². The number of ketones is 1. The number of benzene rings is 1. The summed E-state index contributed by atoms with van der Waals surface area (Å²) in [5, 5.41) is 14.2. The molecule has 1 saturated heterocycles. The van der Waals surface area contributed by atoms with Gasteiger partial charge >= 0.3 is 0 Å². The molecule has 0 aliphatic carbocycles. The number of aliphatic hydroxyl groups is 1. The first-order valence-corrected chi connectivity index (χ1v) is 12.8. The number of anilines is 1. The van der Waals surface area contributed by atoms with Gasteiger partial charge in [0.15, 0.2) is 5.78 Å². The fraction of sp³-hybridized carbons (Fsp3) is 0.536. The van der Waals surface area contributed by atoms with E-state index in [1.165, 1.54) is 11.1 Å². The van der Waals surface area contributed by atoms with Gasteiger partial charge in [-0.3, -0.25) is 14.5 Å². The number of pyridine rings is 1. The Morgan fingerprint density at radius 1 is 1.17 bits per heavy atom. The van der Waals surface area contributed by atoms with Crippen molar-refractivity contribution in [2.45, 2.75) is 70.6 Å². The van der Waals surface area contributed by atoms with Crippen LogP contribution in [-0.2, 0) is 16.8 Å². The highest BCUT2D eigenvalue weighted by atomic mass is 16.3. The number of aromatic nitrogens is 1. The Balaban J connectivity index is 1.28. The Morgan fingerprint density at radius 3 is 2.66 bits per heavy atom. The molecule has 4 rings (SSSR count). The minimum atomic E-state index is -0.561. The second-order valence-corrected chi connectivity index (χ2v) is 10.4. The van der Waals surface area contributed by atoms with E-state index in [2.05, 4.69) is 53.3 Å². The van der Waals surface area contributed by atoms with E-state index in [0.29, 0.717) is 30.8 Å². The van der Waals surface area contributed by atoms with Crippen molar-refractivity contribution in [1.82, 2.24) is 14.8 Å². The van der Waals surface area contributed by atoms with Crippen molar-refractivity contribution in [3.8, 4) is 0 Å². The van der Waals surface area contributed by atoms with Crippen molar-refractivity contribution < 1.29 is 14.7 Å². The lowest BCUT2D eigenvalue weighted by atomic mass is 9.83. The number of nitrogens with zero attached hydrogens (tertiary/aromatic N) is 3. The average Bonchev–Trinajstić information content (AvgIpc) is 2.85. The number of piperidine rings is 1. The fourth-order valence-corrected chi connectivity index (χ4v) is 5.38. The number of β-amino-alcohol motifs (C(OH)–C–C–N with tert-alkyl or cyclic N) is 1. The average molecular weight is 479 g/mol. The molecule has 2 N–H and O–H groups in total. The molecular formula is C28H38N4O3. The molecule has 0 unspecified atom stereocenters. The van der Waals surface area contributed by atoms with E-state index in [4.69, 9.17) is 0 Å². The van der Waals surface area contributed by atoms with Crippen molar-refractivity contribution in [2.75, 3.05) is 31.5 Å². The predicted molar refractivity (Wildman–Crippen MR) is 137 cm³/mol. The van der Waals surface area contributed by atoms with Crippen LogP contribution in [0, 0.1) is 0 Å². The smallest absolute Gasteiger partial charge is 0.219 e. The molecule has 1 amide bonds. The molecule has 3 heterocycles. The third kappa shape index (κ3) is 6.08. The number of nitrogens with one attached hydrogen (secondary N) is 1. The van der Waals surface area contributed by atoms with Gasteiger partial charge in [-0.15, -0.1) is 0 Å². The Hall–Kier alpha value is -2.77. The summed E-state index contributed by atoms with van der Waals surface area (Å²) in [6.45, 7) is 8.95. The lowest BCUT2D eigenvalue weighted by Gasteiger charge is -2.44. The van der Waals surface area contributed by atoms with E-state index in [9.17, 15) is 14.7 Å². The van der Waals surface area contributed by atoms with Crippen molar-refractivity contribution in [1.29, 1.82) is 0 Å². The summed E-state index contributed by atoms with van der Waals surface area (Å²) < 4.78 is 0. The minimum absolute atomic E-state index is 0.0177. The van der Waals surface area contributed by atoms with Gasteiger partial charge in [0.2, 0.25) is 5.91 Å². The summed E-state index contributed by atoms with van der Waals surface area (Å²) in [7, 11) is 0. The zero-order valence-corrected chi connectivity index (χ0v) is 21.2. The number of hydrogen-bond acceptors (Lipinski definition) is 6.